The lowest BCUT2D eigenvalue weighted by Gasteiger charge is -2.39. The Morgan fingerprint density at radius 3 is 2.51 bits per heavy atom. The summed E-state index contributed by atoms with van der Waals surface area (Å²) in [4.78, 5) is 24.2. The maximum atomic E-state index is 12.1. The molecule has 196 valence electrons. The number of carbonyl (C=O) groups is 1. The molecule has 1 saturated heterocycles. The third-order valence-corrected chi connectivity index (χ3v) is 7.59. The minimum absolute atomic E-state index is 0.316. The molecule has 0 aliphatic carbocycles. The first-order valence-electron chi connectivity index (χ1n) is 13.2. The van der Waals surface area contributed by atoms with E-state index in [0.717, 1.165) is 58.0 Å². The topological polar surface area (TPSA) is 75.5 Å². The van der Waals surface area contributed by atoms with Crippen LogP contribution in [0.25, 0.3) is 11.4 Å². The Morgan fingerprint density at radius 2 is 1.81 bits per heavy atom. The van der Waals surface area contributed by atoms with Gasteiger partial charge in [-0.1, -0.05) is 43.7 Å². The van der Waals surface area contributed by atoms with E-state index in [9.17, 15) is 9.90 Å². The first kappa shape index (κ1) is 26.6. The standard InChI is InChI=1S/C31H39N3O3/c1-19(2)24-12-11-22(5)27(16-24)37-17-26-23(6)32-28(25-15-20(3)9-10-21(25)4)33-29(26)34-14-8-13-31(7,18-34)30(35)36/h9-12,15-16,19H,8,13-14,17-18H2,1-7H3,(H,35,36). The van der Waals surface area contributed by atoms with E-state index in [0.29, 0.717) is 31.3 Å². The molecule has 1 N–H and O–H groups in total. The van der Waals surface area contributed by atoms with Crippen molar-refractivity contribution < 1.29 is 14.6 Å². The minimum atomic E-state index is -0.823. The van der Waals surface area contributed by atoms with E-state index < -0.39 is 11.4 Å². The lowest BCUT2D eigenvalue weighted by atomic mass is 9.82. The molecule has 0 amide bonds. The van der Waals surface area contributed by atoms with Gasteiger partial charge in [-0.2, -0.15) is 0 Å². The summed E-state index contributed by atoms with van der Waals surface area (Å²) >= 11 is 0. The summed E-state index contributed by atoms with van der Waals surface area (Å²) in [7, 11) is 0. The highest BCUT2D eigenvalue weighted by atomic mass is 16.5. The van der Waals surface area contributed by atoms with Crippen LogP contribution in [0.15, 0.2) is 36.4 Å². The van der Waals surface area contributed by atoms with Crippen LogP contribution in [0.3, 0.4) is 0 Å². The van der Waals surface area contributed by atoms with Crippen molar-refractivity contribution in [2.75, 3.05) is 18.0 Å². The SMILES string of the molecule is Cc1ccc(C)c(-c2nc(C)c(COc3cc(C(C)C)ccc3C)c(N3CCCC(C)(C(=O)O)C3)n2)c1. The number of nitrogens with zero attached hydrogens (tertiary/aromatic N) is 3. The van der Waals surface area contributed by atoms with Crippen molar-refractivity contribution >= 4 is 11.8 Å². The third kappa shape index (κ3) is 5.63. The number of anilines is 1. The minimum Gasteiger partial charge on any atom is -0.488 e. The predicted molar refractivity (Wildman–Crippen MR) is 148 cm³/mol. The van der Waals surface area contributed by atoms with E-state index in [4.69, 9.17) is 14.7 Å². The molecule has 1 aliphatic rings. The number of hydrogen-bond acceptors (Lipinski definition) is 5. The summed E-state index contributed by atoms with van der Waals surface area (Å²) in [5, 5.41) is 9.95. The second-order valence-corrected chi connectivity index (χ2v) is 11.1. The highest BCUT2D eigenvalue weighted by Gasteiger charge is 2.39. The van der Waals surface area contributed by atoms with E-state index in [2.05, 4.69) is 75.9 Å². The molecule has 37 heavy (non-hydrogen) atoms. The summed E-state index contributed by atoms with van der Waals surface area (Å²) in [5.41, 5.74) is 6.48. The van der Waals surface area contributed by atoms with E-state index in [1.54, 1.807) is 0 Å². The van der Waals surface area contributed by atoms with Crippen LogP contribution in [0, 0.1) is 33.1 Å². The predicted octanol–water partition coefficient (Wildman–Crippen LogP) is 6.77. The van der Waals surface area contributed by atoms with Crippen LogP contribution < -0.4 is 9.64 Å². The summed E-state index contributed by atoms with van der Waals surface area (Å²) in [6.45, 7) is 15.8. The molecule has 1 atom stereocenters. The fourth-order valence-corrected chi connectivity index (χ4v) is 4.98. The number of benzene rings is 2. The highest BCUT2D eigenvalue weighted by Crippen LogP contribution is 2.36. The van der Waals surface area contributed by atoms with Crippen molar-refractivity contribution in [2.24, 2.45) is 5.41 Å². The molecule has 1 unspecified atom stereocenters. The van der Waals surface area contributed by atoms with Gasteiger partial charge in [-0.3, -0.25) is 4.79 Å². The molecule has 1 aliphatic heterocycles. The van der Waals surface area contributed by atoms with E-state index >= 15 is 0 Å². The fraction of sp³-hybridized carbons (Fsp3) is 0.452. The number of rotatable bonds is 7. The first-order valence-corrected chi connectivity index (χ1v) is 13.2. The van der Waals surface area contributed by atoms with Crippen LogP contribution in [-0.2, 0) is 11.4 Å². The molecule has 0 spiro atoms. The van der Waals surface area contributed by atoms with Gasteiger partial charge in [0.05, 0.1) is 16.7 Å². The Kier molecular flexibility index (Phi) is 7.58. The molecule has 0 radical (unpaired) electrons. The number of aliphatic carboxylic acids is 1. The summed E-state index contributed by atoms with van der Waals surface area (Å²) < 4.78 is 6.39. The smallest absolute Gasteiger partial charge is 0.311 e. The Balaban J connectivity index is 1.78. The van der Waals surface area contributed by atoms with Crippen LogP contribution in [0.4, 0.5) is 5.82 Å². The van der Waals surface area contributed by atoms with Crippen molar-refractivity contribution in [1.29, 1.82) is 0 Å². The number of aryl methyl sites for hydroxylation is 4. The van der Waals surface area contributed by atoms with Gasteiger partial charge in [-0.25, -0.2) is 9.97 Å². The number of carboxylic acids is 1. The zero-order chi connectivity index (χ0) is 26.9. The number of aromatic nitrogens is 2. The average Bonchev–Trinajstić information content (AvgIpc) is 2.85. The van der Waals surface area contributed by atoms with Crippen LogP contribution >= 0.6 is 0 Å². The van der Waals surface area contributed by atoms with Gasteiger partial charge in [0.15, 0.2) is 5.82 Å². The van der Waals surface area contributed by atoms with E-state index in [1.807, 2.05) is 13.8 Å². The van der Waals surface area contributed by atoms with Gasteiger partial charge in [0.2, 0.25) is 0 Å². The summed E-state index contributed by atoms with van der Waals surface area (Å²) in [6.07, 6.45) is 1.44. The number of piperidine rings is 1. The zero-order valence-electron chi connectivity index (χ0n) is 23.2. The van der Waals surface area contributed by atoms with Crippen molar-refractivity contribution in [3.63, 3.8) is 0 Å². The second kappa shape index (κ2) is 10.5. The fourth-order valence-electron chi connectivity index (χ4n) is 4.98. The monoisotopic (exact) mass is 501 g/mol. The molecular formula is C31H39N3O3. The normalized spacial score (nSPS) is 17.8. The summed E-state index contributed by atoms with van der Waals surface area (Å²) in [6, 6.07) is 12.6. The Bertz CT molecular complexity index is 1320. The van der Waals surface area contributed by atoms with E-state index in [-0.39, 0.29) is 0 Å². The lowest BCUT2D eigenvalue weighted by molar-refractivity contribution is -0.148. The molecule has 6 nitrogen and oxygen atoms in total. The maximum Gasteiger partial charge on any atom is 0.311 e. The van der Waals surface area contributed by atoms with Crippen LogP contribution in [0.5, 0.6) is 5.75 Å². The molecule has 0 saturated carbocycles. The Labute approximate surface area is 220 Å². The van der Waals surface area contributed by atoms with Gasteiger partial charge in [-0.05, 0) is 82.2 Å². The van der Waals surface area contributed by atoms with Gasteiger partial charge in [0.1, 0.15) is 18.2 Å². The van der Waals surface area contributed by atoms with Gasteiger partial charge < -0.3 is 14.7 Å². The molecule has 1 aromatic heterocycles. The molecule has 2 aromatic carbocycles. The van der Waals surface area contributed by atoms with E-state index in [1.165, 1.54) is 5.56 Å². The van der Waals surface area contributed by atoms with Gasteiger partial charge in [0.25, 0.3) is 0 Å². The zero-order valence-corrected chi connectivity index (χ0v) is 23.2. The molecule has 6 heteroatoms. The van der Waals surface area contributed by atoms with Crippen LogP contribution in [0.1, 0.15) is 73.0 Å². The molecule has 4 rings (SSSR count). The first-order chi connectivity index (χ1) is 17.5. The van der Waals surface area contributed by atoms with Crippen molar-refractivity contribution in [3.8, 4) is 17.1 Å². The molecular weight excluding hydrogens is 462 g/mol. The van der Waals surface area contributed by atoms with Gasteiger partial charge in [-0.15, -0.1) is 0 Å². The number of hydrogen-bond donors (Lipinski definition) is 1. The highest BCUT2D eigenvalue weighted by molar-refractivity contribution is 5.76. The van der Waals surface area contributed by atoms with Crippen molar-refractivity contribution in [1.82, 2.24) is 9.97 Å². The van der Waals surface area contributed by atoms with Gasteiger partial charge in [0, 0.05) is 18.7 Å². The molecule has 0 bridgehead atoms. The van der Waals surface area contributed by atoms with Crippen molar-refractivity contribution in [2.45, 2.75) is 73.8 Å². The third-order valence-electron chi connectivity index (χ3n) is 7.59. The Hall–Kier alpha value is -3.41. The van der Waals surface area contributed by atoms with Crippen LogP contribution in [0.2, 0.25) is 0 Å². The summed E-state index contributed by atoms with van der Waals surface area (Å²) in [5.74, 6) is 1.93. The lowest BCUT2D eigenvalue weighted by Crippen LogP contribution is -2.47. The Morgan fingerprint density at radius 1 is 1.08 bits per heavy atom. The maximum absolute atomic E-state index is 12.1. The number of ether oxygens (including phenoxy) is 1. The average molecular weight is 502 g/mol. The second-order valence-electron chi connectivity index (χ2n) is 11.1. The molecule has 3 aromatic rings. The van der Waals surface area contributed by atoms with Crippen molar-refractivity contribution in [3.05, 3.63) is 69.9 Å². The molecule has 2 heterocycles. The quantitative estimate of drug-likeness (QED) is 0.385. The molecule has 1 fully saturated rings. The number of carboxylic acid groups (broad SMARTS) is 1. The largest absolute Gasteiger partial charge is 0.488 e. The van der Waals surface area contributed by atoms with Gasteiger partial charge >= 0.3 is 5.97 Å². The van der Waals surface area contributed by atoms with Crippen LogP contribution in [-0.4, -0.2) is 34.1 Å².